The van der Waals surface area contributed by atoms with Gasteiger partial charge in [-0.1, -0.05) is 0 Å². The van der Waals surface area contributed by atoms with Gasteiger partial charge in [0.25, 0.3) is 5.91 Å². The summed E-state index contributed by atoms with van der Waals surface area (Å²) < 4.78 is 5.34. The van der Waals surface area contributed by atoms with E-state index in [2.05, 4.69) is 10.6 Å². The number of methoxy groups -OCH3 is 1. The molecule has 6 nitrogen and oxygen atoms in total. The van der Waals surface area contributed by atoms with Crippen LogP contribution in [0.1, 0.15) is 36.0 Å². The maximum atomic E-state index is 12.6. The fraction of sp³-hybridized carbons (Fsp3) is 0.556. The molecule has 0 unspecified atom stereocenters. The summed E-state index contributed by atoms with van der Waals surface area (Å²) in [6.45, 7) is 3.34. The van der Waals surface area contributed by atoms with Crippen molar-refractivity contribution in [1.82, 2.24) is 10.2 Å². The van der Waals surface area contributed by atoms with Crippen molar-refractivity contribution in [3.05, 3.63) is 23.8 Å². The van der Waals surface area contributed by atoms with E-state index in [0.717, 1.165) is 51.9 Å². The second kappa shape index (κ2) is 9.06. The largest absolute Gasteiger partial charge is 0.495 e. The normalized spacial score (nSPS) is 17.7. The maximum Gasteiger partial charge on any atom is 0.253 e. The molecule has 25 heavy (non-hydrogen) atoms. The van der Waals surface area contributed by atoms with Crippen LogP contribution in [-0.2, 0) is 4.79 Å². The van der Waals surface area contributed by atoms with Gasteiger partial charge in [0.2, 0.25) is 5.91 Å². The Hall–Kier alpha value is -1.79. The summed E-state index contributed by atoms with van der Waals surface area (Å²) in [5, 5.41) is 6.21. The van der Waals surface area contributed by atoms with Gasteiger partial charge in [0.05, 0.1) is 12.8 Å². The second-order valence-corrected chi connectivity index (χ2v) is 6.43. The summed E-state index contributed by atoms with van der Waals surface area (Å²) >= 11 is 0. The minimum Gasteiger partial charge on any atom is -0.495 e. The number of hydrogen-bond acceptors (Lipinski definition) is 4. The molecule has 0 radical (unpaired) electrons. The number of likely N-dealkylation sites (tertiary alicyclic amines) is 1. The molecule has 0 bridgehead atoms. The van der Waals surface area contributed by atoms with Gasteiger partial charge in [0, 0.05) is 24.6 Å². The molecule has 0 aromatic heterocycles. The Balaban J connectivity index is 0.00000225. The number of carbonyl (C=O) groups is 2. The van der Waals surface area contributed by atoms with Crippen LogP contribution in [0.25, 0.3) is 0 Å². The van der Waals surface area contributed by atoms with Gasteiger partial charge < -0.3 is 20.3 Å². The van der Waals surface area contributed by atoms with Crippen LogP contribution in [-0.4, -0.2) is 50.0 Å². The first kappa shape index (κ1) is 19.5. The lowest BCUT2D eigenvalue weighted by molar-refractivity contribution is -0.120. The Bertz CT molecular complexity index is 612. The monoisotopic (exact) mass is 367 g/mol. The van der Waals surface area contributed by atoms with Crippen LogP contribution in [0.2, 0.25) is 0 Å². The molecule has 7 heteroatoms. The van der Waals surface area contributed by atoms with Gasteiger partial charge in [-0.3, -0.25) is 9.59 Å². The van der Waals surface area contributed by atoms with Gasteiger partial charge in [-0.05, 0) is 57.0 Å². The van der Waals surface area contributed by atoms with Crippen LogP contribution in [0.4, 0.5) is 5.69 Å². The third kappa shape index (κ3) is 4.64. The number of carbonyl (C=O) groups excluding carboxylic acids is 2. The number of benzene rings is 1. The fourth-order valence-corrected chi connectivity index (χ4v) is 3.36. The number of nitrogens with one attached hydrogen (secondary N) is 2. The molecule has 1 aromatic carbocycles. The van der Waals surface area contributed by atoms with E-state index in [0.29, 0.717) is 17.0 Å². The minimum absolute atomic E-state index is 0. The van der Waals surface area contributed by atoms with E-state index in [9.17, 15) is 9.59 Å². The van der Waals surface area contributed by atoms with Crippen LogP contribution >= 0.6 is 12.4 Å². The number of ether oxygens (including phenoxy) is 1. The third-order valence-corrected chi connectivity index (χ3v) is 4.81. The molecule has 0 saturated carbocycles. The highest BCUT2D eigenvalue weighted by atomic mass is 35.5. The molecule has 2 saturated heterocycles. The highest BCUT2D eigenvalue weighted by Crippen LogP contribution is 2.28. The number of rotatable bonds is 4. The number of amides is 2. The highest BCUT2D eigenvalue weighted by molar-refractivity contribution is 5.99. The molecule has 2 amide bonds. The first-order chi connectivity index (χ1) is 11.7. The van der Waals surface area contributed by atoms with Gasteiger partial charge >= 0.3 is 0 Å². The lowest BCUT2D eigenvalue weighted by atomic mass is 9.97. The zero-order chi connectivity index (χ0) is 16.9. The zero-order valence-electron chi connectivity index (χ0n) is 14.5. The molecule has 3 rings (SSSR count). The van der Waals surface area contributed by atoms with E-state index in [1.54, 1.807) is 25.3 Å². The number of piperidine rings is 1. The van der Waals surface area contributed by atoms with E-state index >= 15 is 0 Å². The van der Waals surface area contributed by atoms with E-state index in [-0.39, 0.29) is 30.1 Å². The van der Waals surface area contributed by atoms with Crippen LogP contribution in [0.5, 0.6) is 5.75 Å². The van der Waals surface area contributed by atoms with Gasteiger partial charge in [-0.15, -0.1) is 12.4 Å². The van der Waals surface area contributed by atoms with E-state index in [1.165, 1.54) is 0 Å². The average molecular weight is 368 g/mol. The maximum absolute atomic E-state index is 12.6. The summed E-state index contributed by atoms with van der Waals surface area (Å²) in [5.41, 5.74) is 1.17. The number of nitrogens with zero attached hydrogens (tertiary/aromatic N) is 1. The molecule has 1 aromatic rings. The Morgan fingerprint density at radius 1 is 1.20 bits per heavy atom. The van der Waals surface area contributed by atoms with Gasteiger partial charge in [-0.25, -0.2) is 0 Å². The Morgan fingerprint density at radius 2 is 1.88 bits per heavy atom. The van der Waals surface area contributed by atoms with E-state index in [4.69, 9.17) is 4.74 Å². The van der Waals surface area contributed by atoms with Crippen molar-refractivity contribution in [2.75, 3.05) is 38.6 Å². The molecular formula is C18H26ClN3O3. The molecule has 0 aliphatic carbocycles. The second-order valence-electron chi connectivity index (χ2n) is 6.43. The molecule has 2 fully saturated rings. The molecule has 2 aliphatic rings. The summed E-state index contributed by atoms with van der Waals surface area (Å²) in [6.07, 6.45) is 3.78. The Labute approximate surface area is 154 Å². The smallest absolute Gasteiger partial charge is 0.253 e. The van der Waals surface area contributed by atoms with Crippen molar-refractivity contribution in [2.45, 2.75) is 25.7 Å². The average Bonchev–Trinajstić information content (AvgIpc) is 3.16. The predicted octanol–water partition coefficient (Wildman–Crippen LogP) is 2.29. The molecule has 0 spiro atoms. The lowest BCUT2D eigenvalue weighted by Crippen LogP contribution is -2.34. The zero-order valence-corrected chi connectivity index (χ0v) is 15.4. The molecule has 2 aliphatic heterocycles. The van der Waals surface area contributed by atoms with Gasteiger partial charge in [0.1, 0.15) is 5.75 Å². The minimum atomic E-state index is 0. The topological polar surface area (TPSA) is 70.7 Å². The summed E-state index contributed by atoms with van der Waals surface area (Å²) in [5.74, 6) is 0.609. The standard InChI is InChI=1S/C18H25N3O3.ClH/c1-24-16-5-4-14(18(23)21-10-2-3-11-21)12-15(16)20-17(22)13-6-8-19-9-7-13;/h4-5,12-13,19H,2-3,6-11H2,1H3,(H,20,22);1H. The van der Waals surface area contributed by atoms with Crippen molar-refractivity contribution in [3.63, 3.8) is 0 Å². The first-order valence-corrected chi connectivity index (χ1v) is 8.68. The fourth-order valence-electron chi connectivity index (χ4n) is 3.36. The summed E-state index contributed by atoms with van der Waals surface area (Å²) in [4.78, 5) is 26.9. The van der Waals surface area contributed by atoms with Crippen molar-refractivity contribution in [2.24, 2.45) is 5.92 Å². The van der Waals surface area contributed by atoms with Crippen LogP contribution in [0.3, 0.4) is 0 Å². The number of anilines is 1. The lowest BCUT2D eigenvalue weighted by Gasteiger charge is -2.22. The quantitative estimate of drug-likeness (QED) is 0.856. The van der Waals surface area contributed by atoms with Gasteiger partial charge in [-0.2, -0.15) is 0 Å². The van der Waals surface area contributed by atoms with Crippen molar-refractivity contribution >= 4 is 29.9 Å². The third-order valence-electron chi connectivity index (χ3n) is 4.81. The molecule has 138 valence electrons. The number of halogens is 1. The molecule has 0 atom stereocenters. The molecule has 2 N–H and O–H groups in total. The summed E-state index contributed by atoms with van der Waals surface area (Å²) in [7, 11) is 1.57. The predicted molar refractivity (Wildman–Crippen MR) is 99.6 cm³/mol. The highest BCUT2D eigenvalue weighted by Gasteiger charge is 2.24. The number of hydrogen-bond donors (Lipinski definition) is 2. The van der Waals surface area contributed by atoms with Crippen molar-refractivity contribution in [3.8, 4) is 5.75 Å². The summed E-state index contributed by atoms with van der Waals surface area (Å²) in [6, 6.07) is 5.25. The van der Waals surface area contributed by atoms with E-state index in [1.807, 2.05) is 4.90 Å². The van der Waals surface area contributed by atoms with Crippen LogP contribution in [0, 0.1) is 5.92 Å². The Morgan fingerprint density at radius 3 is 2.52 bits per heavy atom. The van der Waals surface area contributed by atoms with Gasteiger partial charge in [0.15, 0.2) is 0 Å². The van der Waals surface area contributed by atoms with Crippen LogP contribution < -0.4 is 15.4 Å². The van der Waals surface area contributed by atoms with Crippen molar-refractivity contribution < 1.29 is 14.3 Å². The van der Waals surface area contributed by atoms with E-state index < -0.39 is 0 Å². The molecular weight excluding hydrogens is 342 g/mol. The molecule has 2 heterocycles. The van der Waals surface area contributed by atoms with Crippen molar-refractivity contribution in [1.29, 1.82) is 0 Å². The SMILES string of the molecule is COc1ccc(C(=O)N2CCCC2)cc1NC(=O)C1CCNCC1.Cl. The first-order valence-electron chi connectivity index (χ1n) is 8.68. The van der Waals surface area contributed by atoms with Crippen LogP contribution in [0.15, 0.2) is 18.2 Å². The Kier molecular flexibility index (Phi) is 7.08.